The number of hydrogen-bond acceptors (Lipinski definition) is 1. The predicted molar refractivity (Wildman–Crippen MR) is 116 cm³/mol. The van der Waals surface area contributed by atoms with Gasteiger partial charge in [-0.1, -0.05) is 42.5 Å². The second kappa shape index (κ2) is 6.11. The second-order valence-electron chi connectivity index (χ2n) is 9.67. The summed E-state index contributed by atoms with van der Waals surface area (Å²) in [7, 11) is 1.84. The van der Waals surface area contributed by atoms with Crippen LogP contribution in [0.2, 0.25) is 0 Å². The maximum Gasteiger partial charge on any atom is 0.122 e. The molecule has 4 fully saturated rings. The van der Waals surface area contributed by atoms with Gasteiger partial charge >= 0.3 is 0 Å². The summed E-state index contributed by atoms with van der Waals surface area (Å²) < 4.78 is 5.90. The van der Waals surface area contributed by atoms with Crippen molar-refractivity contribution in [3.8, 4) is 16.9 Å². The highest BCUT2D eigenvalue weighted by Crippen LogP contribution is 2.62. The Labute approximate surface area is 167 Å². The Kier molecular flexibility index (Phi) is 3.63. The maximum absolute atomic E-state index is 5.90. The lowest BCUT2D eigenvalue weighted by Crippen LogP contribution is -2.48. The van der Waals surface area contributed by atoms with E-state index in [1.54, 1.807) is 0 Å². The highest BCUT2D eigenvalue weighted by Gasteiger charge is 2.52. The lowest BCUT2D eigenvalue weighted by Gasteiger charge is -2.57. The third kappa shape index (κ3) is 2.52. The molecular weight excluding hydrogens is 340 g/mol. The predicted octanol–water partition coefficient (Wildman–Crippen LogP) is 6.98. The Hall–Kier alpha value is -2.28. The van der Waals surface area contributed by atoms with Crippen LogP contribution in [0.15, 0.2) is 60.7 Å². The summed E-state index contributed by atoms with van der Waals surface area (Å²) in [6, 6.07) is 22.4. The van der Waals surface area contributed by atoms with Gasteiger partial charge < -0.3 is 4.74 Å². The molecule has 0 spiro atoms. The quantitative estimate of drug-likeness (QED) is 0.484. The standard InChI is InChI=1S/C27H28O/c1-28-26-9-8-24(23-7-6-21-4-2-3-5-22(21)13-23)14-25(26)27-15-18-10-19(16-27)12-20(11-18)17-27/h2-9,13-14,18-20H,10-12,15-17H2,1H3. The first-order chi connectivity index (χ1) is 13.7. The van der Waals surface area contributed by atoms with Gasteiger partial charge in [0.15, 0.2) is 0 Å². The van der Waals surface area contributed by atoms with Crippen LogP contribution in [0.3, 0.4) is 0 Å². The Morgan fingerprint density at radius 2 is 1.32 bits per heavy atom. The van der Waals surface area contributed by atoms with Crippen LogP contribution in [0.25, 0.3) is 21.9 Å². The van der Waals surface area contributed by atoms with Gasteiger partial charge in [-0.25, -0.2) is 0 Å². The first-order valence-electron chi connectivity index (χ1n) is 10.9. The van der Waals surface area contributed by atoms with Crippen molar-refractivity contribution in [2.45, 2.75) is 43.9 Å². The molecule has 0 N–H and O–H groups in total. The van der Waals surface area contributed by atoms with E-state index in [-0.39, 0.29) is 0 Å². The van der Waals surface area contributed by atoms with E-state index in [2.05, 4.69) is 60.7 Å². The molecule has 4 bridgehead atoms. The Bertz CT molecular complexity index is 1010. The van der Waals surface area contributed by atoms with E-state index in [0.29, 0.717) is 5.41 Å². The minimum atomic E-state index is 0.354. The number of methoxy groups -OCH3 is 1. The first kappa shape index (κ1) is 16.7. The molecule has 0 amide bonds. The number of rotatable bonds is 3. The molecule has 0 aromatic heterocycles. The van der Waals surface area contributed by atoms with Gasteiger partial charge in [-0.15, -0.1) is 0 Å². The summed E-state index contributed by atoms with van der Waals surface area (Å²) in [5.41, 5.74) is 4.48. The van der Waals surface area contributed by atoms with E-state index in [9.17, 15) is 0 Å². The molecule has 3 aromatic carbocycles. The molecule has 0 atom stereocenters. The zero-order valence-electron chi connectivity index (χ0n) is 16.7. The molecule has 1 heteroatoms. The largest absolute Gasteiger partial charge is 0.496 e. The van der Waals surface area contributed by atoms with Crippen LogP contribution in [0.1, 0.15) is 44.1 Å². The molecule has 4 aliphatic carbocycles. The van der Waals surface area contributed by atoms with Crippen LogP contribution in [0, 0.1) is 17.8 Å². The van der Waals surface area contributed by atoms with Crippen LogP contribution in [-0.2, 0) is 5.41 Å². The van der Waals surface area contributed by atoms with Crippen molar-refractivity contribution in [2.24, 2.45) is 17.8 Å². The third-order valence-electron chi connectivity index (χ3n) is 7.89. The number of ether oxygens (including phenoxy) is 1. The molecular formula is C27H28O. The van der Waals surface area contributed by atoms with Crippen molar-refractivity contribution < 1.29 is 4.74 Å². The summed E-state index contributed by atoms with van der Waals surface area (Å²) >= 11 is 0. The van der Waals surface area contributed by atoms with Crippen molar-refractivity contribution in [2.75, 3.05) is 7.11 Å². The van der Waals surface area contributed by atoms with E-state index < -0.39 is 0 Å². The molecule has 7 rings (SSSR count). The molecule has 142 valence electrons. The van der Waals surface area contributed by atoms with Gasteiger partial charge in [0.05, 0.1) is 7.11 Å². The first-order valence-corrected chi connectivity index (χ1v) is 10.9. The van der Waals surface area contributed by atoms with Crippen molar-refractivity contribution in [3.05, 3.63) is 66.2 Å². The van der Waals surface area contributed by atoms with Crippen LogP contribution in [0.5, 0.6) is 5.75 Å². The summed E-state index contributed by atoms with van der Waals surface area (Å²) in [4.78, 5) is 0. The van der Waals surface area contributed by atoms with E-state index in [4.69, 9.17) is 4.74 Å². The molecule has 28 heavy (non-hydrogen) atoms. The Balaban J connectivity index is 1.47. The second-order valence-corrected chi connectivity index (χ2v) is 9.67. The van der Waals surface area contributed by atoms with E-state index in [0.717, 1.165) is 23.5 Å². The summed E-state index contributed by atoms with van der Waals surface area (Å²) in [5.74, 6) is 3.94. The van der Waals surface area contributed by atoms with Crippen molar-refractivity contribution >= 4 is 10.8 Å². The molecule has 0 radical (unpaired) electrons. The van der Waals surface area contributed by atoms with Gasteiger partial charge in [0.25, 0.3) is 0 Å². The highest BCUT2D eigenvalue weighted by atomic mass is 16.5. The molecule has 4 aliphatic rings. The zero-order valence-corrected chi connectivity index (χ0v) is 16.7. The minimum absolute atomic E-state index is 0.354. The van der Waals surface area contributed by atoms with Crippen molar-refractivity contribution in [3.63, 3.8) is 0 Å². The molecule has 0 aliphatic heterocycles. The van der Waals surface area contributed by atoms with Gasteiger partial charge in [0.1, 0.15) is 5.75 Å². The van der Waals surface area contributed by atoms with Crippen LogP contribution < -0.4 is 4.74 Å². The lowest BCUT2D eigenvalue weighted by molar-refractivity contribution is -0.00613. The fraction of sp³-hybridized carbons (Fsp3) is 0.407. The number of benzene rings is 3. The SMILES string of the molecule is COc1ccc(-c2ccc3ccccc3c2)cc1C12CC3CC(CC(C3)C1)C2. The van der Waals surface area contributed by atoms with E-state index >= 15 is 0 Å². The fourth-order valence-electron chi connectivity index (χ4n) is 7.11. The highest BCUT2D eigenvalue weighted by molar-refractivity contribution is 5.87. The van der Waals surface area contributed by atoms with Gasteiger partial charge in [-0.05, 0) is 102 Å². The molecule has 4 saturated carbocycles. The van der Waals surface area contributed by atoms with E-state index in [1.165, 1.54) is 66.0 Å². The smallest absolute Gasteiger partial charge is 0.122 e. The minimum Gasteiger partial charge on any atom is -0.496 e. The van der Waals surface area contributed by atoms with Gasteiger partial charge in [0.2, 0.25) is 0 Å². The molecule has 0 heterocycles. The summed E-state index contributed by atoms with van der Waals surface area (Å²) in [6.07, 6.45) is 8.55. The molecule has 0 unspecified atom stereocenters. The maximum atomic E-state index is 5.90. The Morgan fingerprint density at radius 1 is 0.714 bits per heavy atom. The van der Waals surface area contributed by atoms with E-state index in [1.807, 2.05) is 7.11 Å². The van der Waals surface area contributed by atoms with Crippen LogP contribution in [0.4, 0.5) is 0 Å². The fourth-order valence-corrected chi connectivity index (χ4v) is 7.11. The normalized spacial score (nSPS) is 30.7. The Morgan fingerprint density at radius 3 is 2.00 bits per heavy atom. The van der Waals surface area contributed by atoms with Crippen molar-refractivity contribution in [1.29, 1.82) is 0 Å². The molecule has 0 saturated heterocycles. The van der Waals surface area contributed by atoms with Crippen LogP contribution in [-0.4, -0.2) is 7.11 Å². The van der Waals surface area contributed by atoms with Crippen molar-refractivity contribution in [1.82, 2.24) is 0 Å². The monoisotopic (exact) mass is 368 g/mol. The van der Waals surface area contributed by atoms with Crippen LogP contribution >= 0.6 is 0 Å². The van der Waals surface area contributed by atoms with Gasteiger partial charge in [-0.3, -0.25) is 0 Å². The molecule has 1 nitrogen and oxygen atoms in total. The average molecular weight is 369 g/mol. The topological polar surface area (TPSA) is 9.23 Å². The third-order valence-corrected chi connectivity index (χ3v) is 7.89. The molecule has 3 aromatic rings. The number of hydrogen-bond donors (Lipinski definition) is 0. The number of fused-ring (bicyclic) bond motifs is 1. The summed E-state index contributed by atoms with van der Waals surface area (Å²) in [6.45, 7) is 0. The van der Waals surface area contributed by atoms with Gasteiger partial charge in [0, 0.05) is 5.56 Å². The van der Waals surface area contributed by atoms with Gasteiger partial charge in [-0.2, -0.15) is 0 Å². The lowest BCUT2D eigenvalue weighted by atomic mass is 9.48. The average Bonchev–Trinajstić information content (AvgIpc) is 2.72. The zero-order chi connectivity index (χ0) is 18.7. The summed E-state index contributed by atoms with van der Waals surface area (Å²) in [5, 5.41) is 2.62.